The summed E-state index contributed by atoms with van der Waals surface area (Å²) in [6.07, 6.45) is 4.29. The lowest BCUT2D eigenvalue weighted by Crippen LogP contribution is -2.43. The molecule has 1 aliphatic rings. The standard InChI is InChI=1S/C22H31N3O2/c1-5-25(14-16(2)3)22(26)15-24-10-8-17(9-11-24)20-13-23-21-7-6-18(27-4)12-19(20)21/h6-7,12-13,17,23H,2,5,8-11,14-15H2,1,3-4H3. The van der Waals surface area contributed by atoms with Crippen LogP contribution < -0.4 is 4.74 Å². The average Bonchev–Trinajstić information content (AvgIpc) is 3.09. The molecule has 0 aliphatic carbocycles. The summed E-state index contributed by atoms with van der Waals surface area (Å²) in [7, 11) is 1.70. The maximum atomic E-state index is 12.6. The lowest BCUT2D eigenvalue weighted by atomic mass is 9.89. The Hall–Kier alpha value is -2.27. The predicted octanol–water partition coefficient (Wildman–Crippen LogP) is 3.78. The fourth-order valence-electron chi connectivity index (χ4n) is 3.98. The number of piperidine rings is 1. The molecular formula is C22H31N3O2. The molecule has 0 radical (unpaired) electrons. The highest BCUT2D eigenvalue weighted by Gasteiger charge is 2.25. The van der Waals surface area contributed by atoms with Crippen LogP contribution in [0.4, 0.5) is 0 Å². The average molecular weight is 370 g/mol. The van der Waals surface area contributed by atoms with Crippen LogP contribution in [0.15, 0.2) is 36.5 Å². The second-order valence-electron chi connectivity index (χ2n) is 7.57. The second kappa shape index (κ2) is 8.61. The molecule has 1 saturated heterocycles. The van der Waals surface area contributed by atoms with Crippen LogP contribution in [0.25, 0.3) is 10.9 Å². The number of benzene rings is 1. The molecule has 146 valence electrons. The maximum absolute atomic E-state index is 12.6. The van der Waals surface area contributed by atoms with E-state index in [0.29, 0.717) is 19.0 Å². The van der Waals surface area contributed by atoms with E-state index in [0.717, 1.165) is 49.3 Å². The molecule has 1 aromatic carbocycles. The summed E-state index contributed by atoms with van der Waals surface area (Å²) in [4.78, 5) is 20.1. The molecule has 1 fully saturated rings. The van der Waals surface area contributed by atoms with E-state index < -0.39 is 0 Å². The molecule has 27 heavy (non-hydrogen) atoms. The zero-order valence-electron chi connectivity index (χ0n) is 16.8. The molecule has 1 N–H and O–H groups in total. The van der Waals surface area contributed by atoms with Gasteiger partial charge in [0.15, 0.2) is 0 Å². The first-order chi connectivity index (χ1) is 13.0. The van der Waals surface area contributed by atoms with Gasteiger partial charge in [0, 0.05) is 30.2 Å². The van der Waals surface area contributed by atoms with Crippen LogP contribution in [0, 0.1) is 0 Å². The number of hydrogen-bond donors (Lipinski definition) is 1. The van der Waals surface area contributed by atoms with Gasteiger partial charge in [-0.2, -0.15) is 0 Å². The Morgan fingerprint density at radius 2 is 2.11 bits per heavy atom. The summed E-state index contributed by atoms with van der Waals surface area (Å²) < 4.78 is 5.38. The van der Waals surface area contributed by atoms with Crippen molar-refractivity contribution >= 4 is 16.8 Å². The number of rotatable bonds is 7. The molecule has 0 unspecified atom stereocenters. The highest BCUT2D eigenvalue weighted by molar-refractivity contribution is 5.85. The molecule has 3 rings (SSSR count). The van der Waals surface area contributed by atoms with Gasteiger partial charge in [-0.05, 0) is 69.5 Å². The minimum atomic E-state index is 0.204. The third-order valence-electron chi connectivity index (χ3n) is 5.50. The summed E-state index contributed by atoms with van der Waals surface area (Å²) in [5, 5.41) is 1.25. The third-order valence-corrected chi connectivity index (χ3v) is 5.50. The Morgan fingerprint density at radius 3 is 2.74 bits per heavy atom. The molecular weight excluding hydrogens is 338 g/mol. The summed E-state index contributed by atoms with van der Waals surface area (Å²) in [6, 6.07) is 6.18. The topological polar surface area (TPSA) is 48.6 Å². The van der Waals surface area contributed by atoms with Crippen molar-refractivity contribution in [2.75, 3.05) is 39.8 Å². The Balaban J connectivity index is 1.60. The van der Waals surface area contributed by atoms with Crippen molar-refractivity contribution in [3.8, 4) is 5.75 Å². The second-order valence-corrected chi connectivity index (χ2v) is 7.57. The number of nitrogens with zero attached hydrogens (tertiary/aromatic N) is 2. The molecule has 0 saturated carbocycles. The summed E-state index contributed by atoms with van der Waals surface area (Å²) in [5.41, 5.74) is 3.55. The van der Waals surface area contributed by atoms with Gasteiger partial charge in [-0.25, -0.2) is 0 Å². The Morgan fingerprint density at radius 1 is 1.37 bits per heavy atom. The third kappa shape index (κ3) is 4.53. The first-order valence-corrected chi connectivity index (χ1v) is 9.81. The number of carbonyl (C=O) groups is 1. The molecule has 0 bridgehead atoms. The SMILES string of the molecule is C=C(C)CN(CC)C(=O)CN1CCC(c2c[nH]c3ccc(OC)cc23)CC1. The molecule has 2 heterocycles. The predicted molar refractivity (Wildman–Crippen MR) is 110 cm³/mol. The number of carbonyl (C=O) groups excluding carboxylic acids is 1. The van der Waals surface area contributed by atoms with Gasteiger partial charge in [-0.15, -0.1) is 0 Å². The van der Waals surface area contributed by atoms with Crippen LogP contribution in [-0.2, 0) is 4.79 Å². The minimum Gasteiger partial charge on any atom is -0.497 e. The van der Waals surface area contributed by atoms with Crippen LogP contribution in [0.5, 0.6) is 5.75 Å². The van der Waals surface area contributed by atoms with Crippen molar-refractivity contribution in [2.24, 2.45) is 0 Å². The number of H-pyrrole nitrogens is 1. The number of nitrogens with one attached hydrogen (secondary N) is 1. The number of fused-ring (bicyclic) bond motifs is 1. The number of likely N-dealkylation sites (N-methyl/N-ethyl adjacent to an activating group) is 1. The van der Waals surface area contributed by atoms with Gasteiger partial charge in [-0.1, -0.05) is 12.2 Å². The normalized spacial score (nSPS) is 15.8. The quantitative estimate of drug-likeness (QED) is 0.756. The molecule has 5 heteroatoms. The van der Waals surface area contributed by atoms with Gasteiger partial charge in [0.2, 0.25) is 5.91 Å². The largest absolute Gasteiger partial charge is 0.497 e. The highest BCUT2D eigenvalue weighted by atomic mass is 16.5. The number of methoxy groups -OCH3 is 1. The smallest absolute Gasteiger partial charge is 0.237 e. The fraction of sp³-hybridized carbons (Fsp3) is 0.500. The molecule has 1 aromatic heterocycles. The zero-order valence-corrected chi connectivity index (χ0v) is 16.8. The van der Waals surface area contributed by atoms with E-state index in [1.807, 2.05) is 24.8 Å². The maximum Gasteiger partial charge on any atom is 0.237 e. The lowest BCUT2D eigenvalue weighted by Gasteiger charge is -2.33. The molecule has 0 atom stereocenters. The van der Waals surface area contributed by atoms with E-state index in [1.54, 1.807) is 7.11 Å². The van der Waals surface area contributed by atoms with Gasteiger partial charge >= 0.3 is 0 Å². The summed E-state index contributed by atoms with van der Waals surface area (Å²) >= 11 is 0. The van der Waals surface area contributed by atoms with Crippen LogP contribution in [0.1, 0.15) is 38.2 Å². The number of hydrogen-bond acceptors (Lipinski definition) is 3. The van der Waals surface area contributed by atoms with Gasteiger partial charge in [0.05, 0.1) is 13.7 Å². The monoisotopic (exact) mass is 369 g/mol. The molecule has 2 aromatic rings. The van der Waals surface area contributed by atoms with Crippen molar-refractivity contribution < 1.29 is 9.53 Å². The number of ether oxygens (including phenoxy) is 1. The van der Waals surface area contributed by atoms with E-state index in [4.69, 9.17) is 4.74 Å². The lowest BCUT2D eigenvalue weighted by molar-refractivity contribution is -0.132. The number of aromatic amines is 1. The Labute approximate surface area is 162 Å². The Bertz CT molecular complexity index is 803. The first-order valence-electron chi connectivity index (χ1n) is 9.81. The number of aromatic nitrogens is 1. The number of amides is 1. The van der Waals surface area contributed by atoms with Crippen molar-refractivity contribution in [2.45, 2.75) is 32.6 Å². The molecule has 5 nitrogen and oxygen atoms in total. The van der Waals surface area contributed by atoms with E-state index in [2.05, 4.69) is 34.8 Å². The minimum absolute atomic E-state index is 0.204. The highest BCUT2D eigenvalue weighted by Crippen LogP contribution is 2.34. The molecule has 1 aliphatic heterocycles. The van der Waals surface area contributed by atoms with Crippen molar-refractivity contribution in [1.29, 1.82) is 0 Å². The van der Waals surface area contributed by atoms with Crippen LogP contribution in [0.2, 0.25) is 0 Å². The van der Waals surface area contributed by atoms with E-state index in [9.17, 15) is 4.79 Å². The van der Waals surface area contributed by atoms with Crippen molar-refractivity contribution in [3.05, 3.63) is 42.1 Å². The van der Waals surface area contributed by atoms with Gasteiger partial charge < -0.3 is 14.6 Å². The van der Waals surface area contributed by atoms with Crippen LogP contribution >= 0.6 is 0 Å². The summed E-state index contributed by atoms with van der Waals surface area (Å²) in [6.45, 7) is 11.7. The van der Waals surface area contributed by atoms with Gasteiger partial charge in [-0.3, -0.25) is 9.69 Å². The van der Waals surface area contributed by atoms with E-state index >= 15 is 0 Å². The van der Waals surface area contributed by atoms with Crippen LogP contribution in [-0.4, -0.2) is 60.5 Å². The molecule has 1 amide bonds. The van der Waals surface area contributed by atoms with E-state index in [-0.39, 0.29) is 5.91 Å². The van der Waals surface area contributed by atoms with Gasteiger partial charge in [0.25, 0.3) is 0 Å². The van der Waals surface area contributed by atoms with Crippen LogP contribution in [0.3, 0.4) is 0 Å². The van der Waals surface area contributed by atoms with E-state index in [1.165, 1.54) is 10.9 Å². The fourth-order valence-corrected chi connectivity index (χ4v) is 3.98. The molecule has 0 spiro atoms. The zero-order chi connectivity index (χ0) is 19.4. The van der Waals surface area contributed by atoms with Crippen molar-refractivity contribution in [1.82, 2.24) is 14.8 Å². The number of likely N-dealkylation sites (tertiary alicyclic amines) is 1. The summed E-state index contributed by atoms with van der Waals surface area (Å²) in [5.74, 6) is 1.62. The van der Waals surface area contributed by atoms with Gasteiger partial charge in [0.1, 0.15) is 5.75 Å². The Kier molecular flexibility index (Phi) is 6.22. The van der Waals surface area contributed by atoms with Crippen molar-refractivity contribution in [3.63, 3.8) is 0 Å². The first kappa shape index (κ1) is 19.5.